The largest absolute Gasteiger partial charge is 0.388 e. The first-order valence-corrected chi connectivity index (χ1v) is 6.53. The minimum atomic E-state index is -0.798. The van der Waals surface area contributed by atoms with Gasteiger partial charge in [-0.3, -0.25) is 9.78 Å². The topological polar surface area (TPSA) is 62.2 Å². The number of aliphatic hydroxyl groups is 1. The number of carbonyl (C=O) groups excluding carboxylic acids is 1. The molecule has 0 radical (unpaired) electrons. The van der Waals surface area contributed by atoms with Crippen LogP contribution in [0, 0.1) is 0 Å². The Labute approximate surface area is 108 Å². The van der Waals surface area contributed by atoms with Crippen LogP contribution in [0.15, 0.2) is 24.4 Å². The van der Waals surface area contributed by atoms with Crippen LogP contribution >= 0.6 is 0 Å². The maximum atomic E-state index is 11.8. The summed E-state index contributed by atoms with van der Waals surface area (Å²) in [7, 11) is 0. The van der Waals surface area contributed by atoms with Gasteiger partial charge in [-0.1, -0.05) is 32.8 Å². The van der Waals surface area contributed by atoms with E-state index in [9.17, 15) is 9.90 Å². The molecule has 0 aliphatic heterocycles. The molecule has 0 bridgehead atoms. The summed E-state index contributed by atoms with van der Waals surface area (Å²) in [5.41, 5.74) is -0.415. The van der Waals surface area contributed by atoms with Gasteiger partial charge in [0.1, 0.15) is 5.69 Å². The maximum absolute atomic E-state index is 11.8. The van der Waals surface area contributed by atoms with Gasteiger partial charge in [-0.25, -0.2) is 0 Å². The van der Waals surface area contributed by atoms with Crippen LogP contribution in [0.2, 0.25) is 0 Å². The highest BCUT2D eigenvalue weighted by molar-refractivity contribution is 5.92. The molecule has 4 nitrogen and oxygen atoms in total. The molecule has 1 amide bonds. The molecule has 0 saturated heterocycles. The average Bonchev–Trinajstić information content (AvgIpc) is 2.38. The summed E-state index contributed by atoms with van der Waals surface area (Å²) in [6.07, 6.45) is 4.78. The molecule has 1 aromatic rings. The van der Waals surface area contributed by atoms with Crippen LogP contribution in [0.1, 0.15) is 50.0 Å². The third-order valence-electron chi connectivity index (χ3n) is 2.91. The van der Waals surface area contributed by atoms with Gasteiger partial charge < -0.3 is 10.4 Å². The average molecular weight is 250 g/mol. The number of rotatable bonds is 7. The molecule has 0 unspecified atom stereocenters. The molecule has 1 rings (SSSR count). The lowest BCUT2D eigenvalue weighted by Crippen LogP contribution is -2.43. The van der Waals surface area contributed by atoms with Crippen molar-refractivity contribution in [1.82, 2.24) is 10.3 Å². The summed E-state index contributed by atoms with van der Waals surface area (Å²) in [5.74, 6) is -0.235. The molecule has 1 heterocycles. The summed E-state index contributed by atoms with van der Waals surface area (Å²) in [5, 5.41) is 13.1. The highest BCUT2D eigenvalue weighted by Gasteiger charge is 2.25. The third-order valence-corrected chi connectivity index (χ3v) is 2.91. The van der Waals surface area contributed by atoms with Crippen LogP contribution in [-0.2, 0) is 0 Å². The zero-order valence-corrected chi connectivity index (χ0v) is 11.1. The summed E-state index contributed by atoms with van der Waals surface area (Å²) in [4.78, 5) is 15.8. The van der Waals surface area contributed by atoms with Gasteiger partial charge in [0.2, 0.25) is 0 Å². The molecule has 0 atom stereocenters. The van der Waals surface area contributed by atoms with Gasteiger partial charge in [0.15, 0.2) is 0 Å². The lowest BCUT2D eigenvalue weighted by Gasteiger charge is -2.27. The molecule has 0 aliphatic rings. The number of pyridine rings is 1. The number of hydrogen-bond donors (Lipinski definition) is 2. The van der Waals surface area contributed by atoms with E-state index in [0.29, 0.717) is 18.5 Å². The molecule has 100 valence electrons. The predicted octanol–water partition coefficient (Wildman–Crippen LogP) is 2.14. The standard InChI is InChI=1S/C14H22N2O2/c1-3-8-14(18,9-4-2)11-16-13(17)12-7-5-6-10-15-12/h5-7,10,18H,3-4,8-9,11H2,1-2H3,(H,16,17). The van der Waals surface area contributed by atoms with Crippen molar-refractivity contribution in [3.05, 3.63) is 30.1 Å². The number of carbonyl (C=O) groups is 1. The van der Waals surface area contributed by atoms with Gasteiger partial charge in [-0.15, -0.1) is 0 Å². The summed E-state index contributed by atoms with van der Waals surface area (Å²) in [6, 6.07) is 5.20. The molecule has 0 fully saturated rings. The first kappa shape index (κ1) is 14.6. The van der Waals surface area contributed by atoms with E-state index in [1.165, 1.54) is 0 Å². The fourth-order valence-electron chi connectivity index (χ4n) is 2.06. The fraction of sp³-hybridized carbons (Fsp3) is 0.571. The summed E-state index contributed by atoms with van der Waals surface area (Å²) < 4.78 is 0. The second-order valence-corrected chi connectivity index (χ2v) is 4.62. The molecule has 2 N–H and O–H groups in total. The van der Waals surface area contributed by atoms with Gasteiger partial charge in [0.05, 0.1) is 5.60 Å². The van der Waals surface area contributed by atoms with Crippen molar-refractivity contribution in [2.75, 3.05) is 6.54 Å². The van der Waals surface area contributed by atoms with Crippen molar-refractivity contribution in [2.45, 2.75) is 45.1 Å². The van der Waals surface area contributed by atoms with Gasteiger partial charge in [0.25, 0.3) is 5.91 Å². The van der Waals surface area contributed by atoms with E-state index in [2.05, 4.69) is 10.3 Å². The second kappa shape index (κ2) is 7.11. The van der Waals surface area contributed by atoms with E-state index in [0.717, 1.165) is 12.8 Å². The van der Waals surface area contributed by atoms with Crippen LogP contribution in [0.4, 0.5) is 0 Å². The molecule has 0 aliphatic carbocycles. The lowest BCUT2D eigenvalue weighted by molar-refractivity contribution is 0.0212. The predicted molar refractivity (Wildman–Crippen MR) is 71.3 cm³/mol. The first-order chi connectivity index (χ1) is 8.61. The number of amides is 1. The second-order valence-electron chi connectivity index (χ2n) is 4.62. The fourth-order valence-corrected chi connectivity index (χ4v) is 2.06. The Hall–Kier alpha value is -1.42. The van der Waals surface area contributed by atoms with E-state index in [4.69, 9.17) is 0 Å². The van der Waals surface area contributed by atoms with Gasteiger partial charge in [-0.05, 0) is 25.0 Å². The van der Waals surface area contributed by atoms with E-state index >= 15 is 0 Å². The van der Waals surface area contributed by atoms with E-state index < -0.39 is 5.60 Å². The van der Waals surface area contributed by atoms with Crippen molar-refractivity contribution in [3.8, 4) is 0 Å². The van der Waals surface area contributed by atoms with Crippen LogP contribution in [0.3, 0.4) is 0 Å². The summed E-state index contributed by atoms with van der Waals surface area (Å²) >= 11 is 0. The Morgan fingerprint density at radius 2 is 2.00 bits per heavy atom. The van der Waals surface area contributed by atoms with Crippen LogP contribution in [-0.4, -0.2) is 28.1 Å². The monoisotopic (exact) mass is 250 g/mol. The molecular weight excluding hydrogens is 228 g/mol. The normalized spacial score (nSPS) is 11.3. The third kappa shape index (κ3) is 4.45. The molecule has 0 aromatic carbocycles. The molecule has 1 aromatic heterocycles. The van der Waals surface area contributed by atoms with Crippen molar-refractivity contribution in [1.29, 1.82) is 0 Å². The minimum absolute atomic E-state index is 0.235. The first-order valence-electron chi connectivity index (χ1n) is 6.53. The minimum Gasteiger partial charge on any atom is -0.388 e. The smallest absolute Gasteiger partial charge is 0.269 e. The van der Waals surface area contributed by atoms with Crippen molar-refractivity contribution in [2.24, 2.45) is 0 Å². The van der Waals surface area contributed by atoms with E-state index in [1.54, 1.807) is 24.4 Å². The zero-order chi connectivity index (χ0) is 13.4. The Balaban J connectivity index is 2.55. The number of aromatic nitrogens is 1. The number of nitrogens with one attached hydrogen (secondary N) is 1. The van der Waals surface area contributed by atoms with Gasteiger partial charge in [-0.2, -0.15) is 0 Å². The van der Waals surface area contributed by atoms with Crippen LogP contribution in [0.25, 0.3) is 0 Å². The Morgan fingerprint density at radius 1 is 1.33 bits per heavy atom. The van der Waals surface area contributed by atoms with Gasteiger partial charge in [0, 0.05) is 12.7 Å². The van der Waals surface area contributed by atoms with E-state index in [-0.39, 0.29) is 12.5 Å². The molecule has 4 heteroatoms. The Morgan fingerprint density at radius 3 is 2.50 bits per heavy atom. The highest BCUT2D eigenvalue weighted by atomic mass is 16.3. The van der Waals surface area contributed by atoms with E-state index in [1.807, 2.05) is 13.8 Å². The molecular formula is C14H22N2O2. The quantitative estimate of drug-likeness (QED) is 0.779. The van der Waals surface area contributed by atoms with Crippen molar-refractivity contribution >= 4 is 5.91 Å². The summed E-state index contributed by atoms with van der Waals surface area (Å²) in [6.45, 7) is 4.34. The van der Waals surface area contributed by atoms with Crippen molar-refractivity contribution < 1.29 is 9.90 Å². The van der Waals surface area contributed by atoms with Crippen LogP contribution < -0.4 is 5.32 Å². The SMILES string of the molecule is CCCC(O)(CCC)CNC(=O)c1ccccn1. The van der Waals surface area contributed by atoms with Gasteiger partial charge >= 0.3 is 0 Å². The van der Waals surface area contributed by atoms with Crippen LogP contribution in [0.5, 0.6) is 0 Å². The molecule has 0 saturated carbocycles. The maximum Gasteiger partial charge on any atom is 0.269 e. The lowest BCUT2D eigenvalue weighted by atomic mass is 9.92. The zero-order valence-electron chi connectivity index (χ0n) is 11.1. The molecule has 18 heavy (non-hydrogen) atoms. The molecule has 0 spiro atoms. The Bertz CT molecular complexity index is 359. The van der Waals surface area contributed by atoms with Crippen molar-refractivity contribution in [3.63, 3.8) is 0 Å². The number of hydrogen-bond acceptors (Lipinski definition) is 3. The Kier molecular flexibility index (Phi) is 5.78. The highest BCUT2D eigenvalue weighted by Crippen LogP contribution is 2.18. The number of nitrogens with zero attached hydrogens (tertiary/aromatic N) is 1.